The van der Waals surface area contributed by atoms with Gasteiger partial charge in [-0.1, -0.05) is 19.9 Å². The molecule has 21 heavy (non-hydrogen) atoms. The number of halogens is 1. The summed E-state index contributed by atoms with van der Waals surface area (Å²) < 4.78 is 18.9. The first-order valence-electron chi connectivity index (χ1n) is 7.61. The van der Waals surface area contributed by atoms with Gasteiger partial charge in [0.25, 0.3) is 0 Å². The molecule has 1 aromatic carbocycles. The lowest BCUT2D eigenvalue weighted by Gasteiger charge is -2.17. The molecule has 0 saturated carbocycles. The number of carbonyl (C=O) groups excluding carboxylic acids is 1. The Morgan fingerprint density at radius 3 is 2.86 bits per heavy atom. The Morgan fingerprint density at radius 1 is 1.48 bits per heavy atom. The van der Waals surface area contributed by atoms with Crippen LogP contribution in [-0.4, -0.2) is 37.4 Å². The number of ketones is 1. The molecular formula is C17H24FNO2. The first-order chi connectivity index (χ1) is 10.0. The van der Waals surface area contributed by atoms with Crippen LogP contribution < -0.4 is 4.74 Å². The highest BCUT2D eigenvalue weighted by molar-refractivity contribution is 5.99. The molecule has 1 unspecified atom stereocenters. The highest BCUT2D eigenvalue weighted by Gasteiger charge is 2.25. The van der Waals surface area contributed by atoms with Crippen molar-refractivity contribution in [1.29, 1.82) is 0 Å². The molecule has 1 aliphatic rings. The molecule has 4 heteroatoms. The quantitative estimate of drug-likeness (QED) is 0.753. The normalized spacial score (nSPS) is 19.2. The number of nitrogens with zero attached hydrogens (tertiary/aromatic N) is 1. The number of carbonyl (C=O) groups is 1. The molecule has 3 nitrogen and oxygen atoms in total. The number of methoxy groups -OCH3 is 1. The molecule has 1 heterocycles. The van der Waals surface area contributed by atoms with E-state index < -0.39 is 5.82 Å². The van der Waals surface area contributed by atoms with E-state index in [-0.39, 0.29) is 11.3 Å². The number of Topliss-reactive ketones (excluding diaryl/α,β-unsaturated/α-hetero) is 1. The van der Waals surface area contributed by atoms with Gasteiger partial charge in [-0.2, -0.15) is 0 Å². The van der Waals surface area contributed by atoms with Gasteiger partial charge in [0, 0.05) is 19.5 Å². The van der Waals surface area contributed by atoms with Crippen LogP contribution in [0.25, 0.3) is 0 Å². The molecule has 0 aliphatic carbocycles. The number of likely N-dealkylation sites (tertiary alicyclic amines) is 1. The topological polar surface area (TPSA) is 29.5 Å². The van der Waals surface area contributed by atoms with Gasteiger partial charge in [-0.25, -0.2) is 4.39 Å². The minimum Gasteiger partial charge on any atom is -0.496 e. The zero-order valence-corrected chi connectivity index (χ0v) is 13.1. The van der Waals surface area contributed by atoms with Crippen LogP contribution in [0, 0.1) is 17.7 Å². The highest BCUT2D eigenvalue weighted by Crippen LogP contribution is 2.25. The Hall–Kier alpha value is -1.42. The van der Waals surface area contributed by atoms with Crippen molar-refractivity contribution < 1.29 is 13.9 Å². The molecule has 0 aromatic heterocycles. The lowest BCUT2D eigenvalue weighted by molar-refractivity contribution is 0.0960. The van der Waals surface area contributed by atoms with E-state index in [2.05, 4.69) is 18.7 Å². The monoisotopic (exact) mass is 293 g/mol. The van der Waals surface area contributed by atoms with Crippen LogP contribution in [0.1, 0.15) is 37.0 Å². The smallest absolute Gasteiger partial charge is 0.170 e. The van der Waals surface area contributed by atoms with E-state index >= 15 is 0 Å². The zero-order chi connectivity index (χ0) is 15.4. The third kappa shape index (κ3) is 3.82. The molecule has 2 rings (SSSR count). The number of benzene rings is 1. The van der Waals surface area contributed by atoms with Crippen LogP contribution in [0.15, 0.2) is 18.2 Å². The number of hydrogen-bond donors (Lipinski definition) is 0. The molecule has 1 atom stereocenters. The summed E-state index contributed by atoms with van der Waals surface area (Å²) in [4.78, 5) is 14.6. The summed E-state index contributed by atoms with van der Waals surface area (Å²) in [5.41, 5.74) is 0.0830. The SMILES string of the molecule is COc1cccc(F)c1C(=O)CCN1CCC(C(C)C)C1. The average molecular weight is 293 g/mol. The molecule has 0 spiro atoms. The minimum atomic E-state index is -0.499. The Kier molecular flexibility index (Phi) is 5.34. The van der Waals surface area contributed by atoms with Gasteiger partial charge < -0.3 is 9.64 Å². The summed E-state index contributed by atoms with van der Waals surface area (Å²) in [7, 11) is 1.46. The standard InChI is InChI=1S/C17H24FNO2/c1-12(2)13-7-9-19(11-13)10-8-15(20)17-14(18)5-4-6-16(17)21-3/h4-6,12-13H,7-11H2,1-3H3. The third-order valence-corrected chi connectivity index (χ3v) is 4.38. The minimum absolute atomic E-state index is 0.0830. The first-order valence-corrected chi connectivity index (χ1v) is 7.61. The van der Waals surface area contributed by atoms with Crippen LogP contribution in [0.5, 0.6) is 5.75 Å². The predicted octanol–water partition coefficient (Wildman–Crippen LogP) is 3.39. The molecule has 0 amide bonds. The fraction of sp³-hybridized carbons (Fsp3) is 0.588. The third-order valence-electron chi connectivity index (χ3n) is 4.38. The molecule has 0 radical (unpaired) electrons. The summed E-state index contributed by atoms with van der Waals surface area (Å²) in [6.07, 6.45) is 1.52. The molecule has 1 aromatic rings. The van der Waals surface area contributed by atoms with Crippen molar-refractivity contribution in [2.45, 2.75) is 26.7 Å². The molecule has 1 saturated heterocycles. The molecular weight excluding hydrogens is 269 g/mol. The van der Waals surface area contributed by atoms with E-state index in [0.29, 0.717) is 30.6 Å². The number of ether oxygens (including phenoxy) is 1. The van der Waals surface area contributed by atoms with Gasteiger partial charge in [-0.3, -0.25) is 4.79 Å². The van der Waals surface area contributed by atoms with Crippen LogP contribution in [-0.2, 0) is 0 Å². The second-order valence-electron chi connectivity index (χ2n) is 6.08. The summed E-state index contributed by atoms with van der Waals surface area (Å²) in [6, 6.07) is 4.49. The molecule has 1 fully saturated rings. The lowest BCUT2D eigenvalue weighted by atomic mass is 9.95. The maximum Gasteiger partial charge on any atom is 0.170 e. The van der Waals surface area contributed by atoms with Crippen molar-refractivity contribution in [1.82, 2.24) is 4.90 Å². The van der Waals surface area contributed by atoms with Gasteiger partial charge in [0.2, 0.25) is 0 Å². The Morgan fingerprint density at radius 2 is 2.24 bits per heavy atom. The molecule has 1 aliphatic heterocycles. The van der Waals surface area contributed by atoms with E-state index in [0.717, 1.165) is 13.1 Å². The van der Waals surface area contributed by atoms with Crippen LogP contribution in [0.3, 0.4) is 0 Å². The predicted molar refractivity (Wildman–Crippen MR) is 81.3 cm³/mol. The number of hydrogen-bond acceptors (Lipinski definition) is 3. The second kappa shape index (κ2) is 7.03. The van der Waals surface area contributed by atoms with Gasteiger partial charge in [0.1, 0.15) is 11.6 Å². The van der Waals surface area contributed by atoms with Gasteiger partial charge in [-0.05, 0) is 36.9 Å². The van der Waals surface area contributed by atoms with Crippen molar-refractivity contribution in [2.24, 2.45) is 11.8 Å². The summed E-state index contributed by atoms with van der Waals surface area (Å²) in [5, 5.41) is 0. The van der Waals surface area contributed by atoms with Crippen molar-refractivity contribution >= 4 is 5.78 Å². The van der Waals surface area contributed by atoms with E-state index in [1.807, 2.05) is 0 Å². The van der Waals surface area contributed by atoms with Crippen molar-refractivity contribution in [2.75, 3.05) is 26.7 Å². The second-order valence-corrected chi connectivity index (χ2v) is 6.08. The van der Waals surface area contributed by atoms with E-state index in [1.54, 1.807) is 12.1 Å². The summed E-state index contributed by atoms with van der Waals surface area (Å²) in [5.74, 6) is 1.03. The fourth-order valence-corrected chi connectivity index (χ4v) is 2.94. The van der Waals surface area contributed by atoms with Crippen molar-refractivity contribution in [3.05, 3.63) is 29.6 Å². The summed E-state index contributed by atoms with van der Waals surface area (Å²) >= 11 is 0. The molecule has 116 valence electrons. The fourth-order valence-electron chi connectivity index (χ4n) is 2.94. The Bertz CT molecular complexity index is 502. The van der Waals surface area contributed by atoms with Gasteiger partial charge >= 0.3 is 0 Å². The molecule has 0 bridgehead atoms. The van der Waals surface area contributed by atoms with Gasteiger partial charge in [0.15, 0.2) is 5.78 Å². The highest BCUT2D eigenvalue weighted by atomic mass is 19.1. The summed E-state index contributed by atoms with van der Waals surface area (Å²) in [6.45, 7) is 7.25. The van der Waals surface area contributed by atoms with Crippen LogP contribution in [0.4, 0.5) is 4.39 Å². The van der Waals surface area contributed by atoms with Crippen LogP contribution in [0.2, 0.25) is 0 Å². The zero-order valence-electron chi connectivity index (χ0n) is 13.1. The van der Waals surface area contributed by atoms with Crippen molar-refractivity contribution in [3.8, 4) is 5.75 Å². The van der Waals surface area contributed by atoms with E-state index in [1.165, 1.54) is 19.6 Å². The average Bonchev–Trinajstić information content (AvgIpc) is 2.93. The van der Waals surface area contributed by atoms with Crippen LogP contribution >= 0.6 is 0 Å². The first kappa shape index (κ1) is 16.0. The Balaban J connectivity index is 1.94. The van der Waals surface area contributed by atoms with E-state index in [4.69, 9.17) is 4.74 Å². The van der Waals surface area contributed by atoms with Gasteiger partial charge in [0.05, 0.1) is 12.7 Å². The maximum absolute atomic E-state index is 13.8. The van der Waals surface area contributed by atoms with Gasteiger partial charge in [-0.15, -0.1) is 0 Å². The largest absolute Gasteiger partial charge is 0.496 e. The van der Waals surface area contributed by atoms with E-state index in [9.17, 15) is 9.18 Å². The number of rotatable bonds is 6. The Labute approximate surface area is 126 Å². The lowest BCUT2D eigenvalue weighted by Crippen LogP contribution is -2.25. The van der Waals surface area contributed by atoms with Crippen molar-refractivity contribution in [3.63, 3.8) is 0 Å². The molecule has 0 N–H and O–H groups in total. The maximum atomic E-state index is 13.8.